The average Bonchev–Trinajstić information content (AvgIpc) is 3.47. The minimum absolute atomic E-state index is 0.0852. The van der Waals surface area contributed by atoms with Gasteiger partial charge in [-0.25, -0.2) is 0 Å². The molecule has 0 rings (SSSR count). The molecule has 0 radical (unpaired) electrons. The van der Waals surface area contributed by atoms with E-state index in [0.29, 0.717) is 19.3 Å². The fraction of sp³-hybridized carbons (Fsp3) is 0.747. The third-order valence-electron chi connectivity index (χ3n) is 15.1. The van der Waals surface area contributed by atoms with Gasteiger partial charge in [-0.1, -0.05) is 317 Å². The van der Waals surface area contributed by atoms with Gasteiger partial charge in [-0.3, -0.25) is 14.4 Å². The summed E-state index contributed by atoms with van der Waals surface area (Å²) in [6.45, 7) is 6.54. The summed E-state index contributed by atoms with van der Waals surface area (Å²) in [6, 6.07) is 0. The van der Waals surface area contributed by atoms with Gasteiger partial charge < -0.3 is 14.2 Å². The number of carbonyl (C=O) groups is 3. The average molecular weight is 1130 g/mol. The molecule has 0 aliphatic carbocycles. The second kappa shape index (κ2) is 68.8. The van der Waals surface area contributed by atoms with Crippen molar-refractivity contribution in [3.8, 4) is 0 Å². The molecule has 0 aromatic heterocycles. The summed E-state index contributed by atoms with van der Waals surface area (Å²) in [5.41, 5.74) is 0. The number of hydrogen-bond acceptors (Lipinski definition) is 6. The first-order valence-corrected chi connectivity index (χ1v) is 34.7. The minimum Gasteiger partial charge on any atom is -0.462 e. The van der Waals surface area contributed by atoms with Crippen LogP contribution in [0.25, 0.3) is 0 Å². The van der Waals surface area contributed by atoms with Gasteiger partial charge >= 0.3 is 17.9 Å². The van der Waals surface area contributed by atoms with Crippen LogP contribution in [0.2, 0.25) is 0 Å². The molecular formula is C75H130O6. The highest BCUT2D eigenvalue weighted by Gasteiger charge is 2.19. The Labute approximate surface area is 502 Å². The van der Waals surface area contributed by atoms with E-state index in [1.807, 2.05) is 0 Å². The van der Waals surface area contributed by atoms with Crippen molar-refractivity contribution in [2.75, 3.05) is 13.2 Å². The zero-order valence-electron chi connectivity index (χ0n) is 53.5. The molecule has 1 unspecified atom stereocenters. The Morgan fingerprint density at radius 3 is 0.765 bits per heavy atom. The molecule has 0 aliphatic heterocycles. The monoisotopic (exact) mass is 1130 g/mol. The van der Waals surface area contributed by atoms with Crippen molar-refractivity contribution >= 4 is 17.9 Å². The van der Waals surface area contributed by atoms with Crippen LogP contribution in [0.1, 0.15) is 342 Å². The highest BCUT2D eigenvalue weighted by atomic mass is 16.6. The van der Waals surface area contributed by atoms with Gasteiger partial charge in [0.15, 0.2) is 6.10 Å². The van der Waals surface area contributed by atoms with Crippen molar-refractivity contribution < 1.29 is 28.6 Å². The number of hydrogen-bond donors (Lipinski definition) is 0. The zero-order valence-corrected chi connectivity index (χ0v) is 53.5. The van der Waals surface area contributed by atoms with E-state index < -0.39 is 6.10 Å². The lowest BCUT2D eigenvalue weighted by molar-refractivity contribution is -0.167. The molecule has 1 atom stereocenters. The van der Waals surface area contributed by atoms with E-state index in [0.717, 1.165) is 128 Å². The molecule has 0 fully saturated rings. The first-order valence-electron chi connectivity index (χ1n) is 34.7. The molecule has 0 N–H and O–H groups in total. The Balaban J connectivity index is 4.38. The van der Waals surface area contributed by atoms with Gasteiger partial charge in [0.25, 0.3) is 0 Å². The van der Waals surface area contributed by atoms with Crippen molar-refractivity contribution in [3.63, 3.8) is 0 Å². The molecule has 0 aromatic carbocycles. The van der Waals surface area contributed by atoms with E-state index in [1.54, 1.807) is 0 Å². The van der Waals surface area contributed by atoms with Gasteiger partial charge in [-0.15, -0.1) is 0 Å². The molecular weight excluding hydrogens is 997 g/mol. The van der Waals surface area contributed by atoms with Crippen LogP contribution in [0.15, 0.2) is 97.2 Å². The van der Waals surface area contributed by atoms with Crippen LogP contribution in [0.5, 0.6) is 0 Å². The third kappa shape index (κ3) is 67.0. The van der Waals surface area contributed by atoms with E-state index in [2.05, 4.69) is 118 Å². The van der Waals surface area contributed by atoms with Crippen LogP contribution in [0.3, 0.4) is 0 Å². The number of unbranched alkanes of at least 4 members (excludes halogenated alkanes) is 36. The van der Waals surface area contributed by atoms with Gasteiger partial charge in [0.05, 0.1) is 0 Å². The Morgan fingerprint density at radius 2 is 0.481 bits per heavy atom. The highest BCUT2D eigenvalue weighted by molar-refractivity contribution is 5.71. The summed E-state index contributed by atoms with van der Waals surface area (Å²) in [6.07, 6.45) is 92.8. The SMILES string of the molecule is CC/C=C\C/C=C\C/C=C\C/C=C\C/C=C\C/C=C\C/C=C\CCCCCCCC(=O)OCC(COC(=O)CCCCCCC/C=C\CCCCCCCC)OC(=O)CCCCCCCCCCCCCCCCCCCCCCC. The van der Waals surface area contributed by atoms with Crippen LogP contribution in [-0.4, -0.2) is 37.2 Å². The molecule has 0 saturated carbocycles. The molecule has 0 spiro atoms. The van der Waals surface area contributed by atoms with Crippen molar-refractivity contribution in [2.24, 2.45) is 0 Å². The number of rotatable bonds is 63. The lowest BCUT2D eigenvalue weighted by Gasteiger charge is -2.18. The quantitative estimate of drug-likeness (QED) is 0.0261. The van der Waals surface area contributed by atoms with Crippen molar-refractivity contribution in [1.29, 1.82) is 0 Å². The van der Waals surface area contributed by atoms with Gasteiger partial charge in [-0.2, -0.15) is 0 Å². The van der Waals surface area contributed by atoms with Crippen LogP contribution in [0.4, 0.5) is 0 Å². The lowest BCUT2D eigenvalue weighted by atomic mass is 10.0. The summed E-state index contributed by atoms with van der Waals surface area (Å²) in [5, 5.41) is 0. The van der Waals surface area contributed by atoms with Crippen molar-refractivity contribution in [1.82, 2.24) is 0 Å². The Hall–Kier alpha value is -3.67. The van der Waals surface area contributed by atoms with Crippen molar-refractivity contribution in [2.45, 2.75) is 348 Å². The Bertz CT molecular complexity index is 1580. The molecule has 81 heavy (non-hydrogen) atoms. The Kier molecular flexibility index (Phi) is 65.7. The fourth-order valence-corrected chi connectivity index (χ4v) is 9.89. The number of ether oxygens (including phenoxy) is 3. The number of esters is 3. The predicted molar refractivity (Wildman–Crippen MR) is 353 cm³/mol. The topological polar surface area (TPSA) is 78.9 Å². The lowest BCUT2D eigenvalue weighted by Crippen LogP contribution is -2.30. The first-order chi connectivity index (χ1) is 40.0. The Morgan fingerprint density at radius 1 is 0.259 bits per heavy atom. The van der Waals surface area contributed by atoms with E-state index in [9.17, 15) is 14.4 Å². The van der Waals surface area contributed by atoms with Crippen LogP contribution in [-0.2, 0) is 28.6 Å². The predicted octanol–water partition coefficient (Wildman–Crippen LogP) is 24.0. The maximum atomic E-state index is 13.0. The zero-order chi connectivity index (χ0) is 58.5. The fourth-order valence-electron chi connectivity index (χ4n) is 9.89. The second-order valence-electron chi connectivity index (χ2n) is 23.1. The van der Waals surface area contributed by atoms with Gasteiger partial charge in [-0.05, 0) is 103 Å². The second-order valence-corrected chi connectivity index (χ2v) is 23.1. The van der Waals surface area contributed by atoms with E-state index in [1.165, 1.54) is 173 Å². The van der Waals surface area contributed by atoms with Gasteiger partial charge in [0.2, 0.25) is 0 Å². The normalized spacial score (nSPS) is 12.7. The van der Waals surface area contributed by atoms with E-state index in [4.69, 9.17) is 14.2 Å². The molecule has 0 heterocycles. The summed E-state index contributed by atoms with van der Waals surface area (Å²) >= 11 is 0. The maximum Gasteiger partial charge on any atom is 0.306 e. The number of allylic oxidation sites excluding steroid dienone is 16. The van der Waals surface area contributed by atoms with E-state index in [-0.39, 0.29) is 31.1 Å². The van der Waals surface area contributed by atoms with Gasteiger partial charge in [0, 0.05) is 19.3 Å². The first kappa shape index (κ1) is 77.3. The molecule has 0 aromatic rings. The molecule has 0 aliphatic rings. The van der Waals surface area contributed by atoms with E-state index >= 15 is 0 Å². The molecule has 466 valence electrons. The molecule has 0 amide bonds. The molecule has 6 nitrogen and oxygen atoms in total. The van der Waals surface area contributed by atoms with Gasteiger partial charge in [0.1, 0.15) is 13.2 Å². The molecule has 0 bridgehead atoms. The summed E-state index contributed by atoms with van der Waals surface area (Å²) in [7, 11) is 0. The van der Waals surface area contributed by atoms with Crippen LogP contribution < -0.4 is 0 Å². The summed E-state index contributed by atoms with van der Waals surface area (Å²) in [4.78, 5) is 38.4. The highest BCUT2D eigenvalue weighted by Crippen LogP contribution is 2.17. The molecule has 6 heteroatoms. The maximum absolute atomic E-state index is 13.0. The third-order valence-corrected chi connectivity index (χ3v) is 15.1. The number of carbonyl (C=O) groups excluding carboxylic acids is 3. The minimum atomic E-state index is -0.790. The van der Waals surface area contributed by atoms with Crippen LogP contribution >= 0.6 is 0 Å². The van der Waals surface area contributed by atoms with Crippen LogP contribution in [0, 0.1) is 0 Å². The molecule has 0 saturated heterocycles. The largest absolute Gasteiger partial charge is 0.462 e. The van der Waals surface area contributed by atoms with Crippen molar-refractivity contribution in [3.05, 3.63) is 97.2 Å². The smallest absolute Gasteiger partial charge is 0.306 e. The summed E-state index contributed by atoms with van der Waals surface area (Å²) < 4.78 is 17.0. The summed E-state index contributed by atoms with van der Waals surface area (Å²) in [5.74, 6) is -0.896. The standard InChI is InChI=1S/C75H130O6/c1-4-7-10-13-16-19-22-25-28-30-32-34-35-36-37-38-39-41-42-44-47-50-53-56-59-62-65-68-74(77)80-71-72(70-79-73(76)67-64-61-58-55-52-49-46-27-24-21-18-15-12-9-6-3)81-75(78)69-66-63-60-57-54-51-48-45-43-40-33-31-29-26-23-20-17-14-11-8-5-2/h7,10,16,19,25,27-28,32,34,36-37,39,41,44,46-47,72H,4-6,8-9,11-15,17-18,20-24,26,29-31,33,35,38,40,42-43,45,48-71H2,1-3H3/b10-7-,19-16-,28-25-,34-32-,37-36-,41-39-,46-27-,47-44-.